The van der Waals surface area contributed by atoms with Gasteiger partial charge in [-0.3, -0.25) is 20.2 Å². The number of halogens is 7. The Balaban J connectivity index is 1.39. The summed E-state index contributed by atoms with van der Waals surface area (Å²) in [5.41, 5.74) is 3.79. The van der Waals surface area contributed by atoms with Gasteiger partial charge in [0, 0.05) is 12.4 Å². The van der Waals surface area contributed by atoms with E-state index in [-0.39, 0.29) is 22.3 Å². The van der Waals surface area contributed by atoms with Crippen LogP contribution in [-0.4, -0.2) is 15.5 Å². The molecule has 0 fully saturated rings. The summed E-state index contributed by atoms with van der Waals surface area (Å²) in [5, 5.41) is -0.295. The van der Waals surface area contributed by atoms with Gasteiger partial charge in [-0.15, -0.1) is 0 Å². The number of aromatic nitrogens is 2. The number of nitrogens with one attached hydrogen (secondary N) is 2. The number of nitrogens with zero attached hydrogens (tertiary/aromatic N) is 2. The van der Waals surface area contributed by atoms with Crippen LogP contribution in [0.15, 0.2) is 79.1 Å². The van der Waals surface area contributed by atoms with Gasteiger partial charge in [0.05, 0.1) is 21.8 Å². The van der Waals surface area contributed by atoms with E-state index < -0.39 is 29.4 Å². The van der Waals surface area contributed by atoms with Gasteiger partial charge in [0.2, 0.25) is 0 Å². The highest BCUT2D eigenvalue weighted by atomic mass is 35.5. The second kappa shape index (κ2) is 10.1. The number of carbonyl (C=O) groups is 1. The Kier molecular flexibility index (Phi) is 7.03. The molecule has 2 N–H and O–H groups in total. The molecule has 2 heterocycles. The smallest absolute Gasteiger partial charge is 0.417 e. The molecule has 0 aliphatic heterocycles. The van der Waals surface area contributed by atoms with E-state index in [9.17, 15) is 31.1 Å². The highest BCUT2D eigenvalue weighted by Crippen LogP contribution is 2.33. The molecule has 0 bridgehead atoms. The monoisotopic (exact) mass is 540 g/mol. The lowest BCUT2D eigenvalue weighted by molar-refractivity contribution is -0.138. The molecule has 0 unspecified atom stereocenters. The predicted octanol–water partition coefficient (Wildman–Crippen LogP) is 7.11. The maximum Gasteiger partial charge on any atom is 0.417 e. The molecule has 0 atom stereocenters. The van der Waals surface area contributed by atoms with Crippen molar-refractivity contribution in [1.29, 1.82) is 0 Å². The molecule has 0 aliphatic carbocycles. The summed E-state index contributed by atoms with van der Waals surface area (Å²) in [4.78, 5) is 16.4. The van der Waals surface area contributed by atoms with E-state index in [0.29, 0.717) is 17.6 Å². The summed E-state index contributed by atoms with van der Waals surface area (Å²) in [6, 6.07) is 14.0. The number of carbonyl (C=O) groups excluding carboxylic acids is 1. The van der Waals surface area contributed by atoms with Crippen molar-refractivity contribution >= 4 is 23.2 Å². The van der Waals surface area contributed by atoms with E-state index in [2.05, 4.69) is 15.8 Å². The Labute approximate surface area is 210 Å². The van der Waals surface area contributed by atoms with E-state index in [1.54, 1.807) is 12.1 Å². The normalized spacial score (nSPS) is 11.8. The van der Waals surface area contributed by atoms with Crippen LogP contribution >= 0.6 is 11.6 Å². The van der Waals surface area contributed by atoms with Gasteiger partial charge in [0.1, 0.15) is 17.2 Å². The van der Waals surface area contributed by atoms with Crippen molar-refractivity contribution in [3.63, 3.8) is 0 Å². The molecule has 2 aromatic carbocycles. The number of pyridine rings is 1. The third-order valence-corrected chi connectivity index (χ3v) is 5.23. The van der Waals surface area contributed by atoms with Crippen molar-refractivity contribution in [2.45, 2.75) is 12.4 Å². The molecule has 0 spiro atoms. The van der Waals surface area contributed by atoms with Gasteiger partial charge < -0.3 is 4.74 Å². The molecule has 0 radical (unpaired) electrons. The number of benzene rings is 2. The number of alkyl halides is 6. The highest BCUT2D eigenvalue weighted by Gasteiger charge is 2.32. The quantitative estimate of drug-likeness (QED) is 0.202. The maximum atomic E-state index is 12.9. The van der Waals surface area contributed by atoms with Gasteiger partial charge in [0.25, 0.3) is 5.91 Å². The van der Waals surface area contributed by atoms with Gasteiger partial charge in [-0.1, -0.05) is 11.6 Å². The van der Waals surface area contributed by atoms with Crippen LogP contribution in [0.1, 0.15) is 21.6 Å². The minimum absolute atomic E-state index is 0.0453. The lowest BCUT2D eigenvalue weighted by atomic mass is 10.2. The molecule has 13 heteroatoms. The van der Waals surface area contributed by atoms with Crippen LogP contribution in [0.5, 0.6) is 11.5 Å². The number of rotatable bonds is 6. The van der Waals surface area contributed by atoms with Gasteiger partial charge in [-0.2, -0.15) is 26.3 Å². The first kappa shape index (κ1) is 25.9. The van der Waals surface area contributed by atoms with E-state index >= 15 is 0 Å². The number of anilines is 1. The number of ether oxygens (including phenoxy) is 1. The van der Waals surface area contributed by atoms with Gasteiger partial charge >= 0.3 is 12.4 Å². The summed E-state index contributed by atoms with van der Waals surface area (Å²) in [7, 11) is 0. The SMILES string of the molecule is O=C(NNc1ccc(Oc2ccc(C(F)(F)F)cc2)cc1)c1cccn1-c1ncc(C(F)(F)F)cc1Cl. The molecule has 6 nitrogen and oxygen atoms in total. The van der Waals surface area contributed by atoms with E-state index in [1.165, 1.54) is 47.2 Å². The highest BCUT2D eigenvalue weighted by molar-refractivity contribution is 6.32. The molecule has 0 saturated heterocycles. The van der Waals surface area contributed by atoms with Gasteiger partial charge in [-0.25, -0.2) is 4.98 Å². The van der Waals surface area contributed by atoms with Crippen LogP contribution in [0.3, 0.4) is 0 Å². The lowest BCUT2D eigenvalue weighted by Crippen LogP contribution is -2.31. The summed E-state index contributed by atoms with van der Waals surface area (Å²) in [6.07, 6.45) is -7.02. The summed E-state index contributed by atoms with van der Waals surface area (Å²) < 4.78 is 83.4. The van der Waals surface area contributed by atoms with Crippen molar-refractivity contribution in [2.24, 2.45) is 0 Å². The number of amides is 1. The summed E-state index contributed by atoms with van der Waals surface area (Å²) in [5.74, 6) is -0.144. The van der Waals surface area contributed by atoms with Crippen molar-refractivity contribution < 1.29 is 35.9 Å². The molecular formula is C24H15ClF6N4O2. The van der Waals surface area contributed by atoms with Crippen molar-refractivity contribution in [1.82, 2.24) is 15.0 Å². The van der Waals surface area contributed by atoms with Crippen molar-refractivity contribution in [3.8, 4) is 17.3 Å². The Bertz CT molecular complexity index is 1400. The molecule has 0 aliphatic rings. The number of hydrogen-bond acceptors (Lipinski definition) is 4. The van der Waals surface area contributed by atoms with Crippen LogP contribution in [0.2, 0.25) is 5.02 Å². The van der Waals surface area contributed by atoms with E-state index in [1.807, 2.05) is 0 Å². The predicted molar refractivity (Wildman–Crippen MR) is 123 cm³/mol. The topological polar surface area (TPSA) is 68.2 Å². The van der Waals surface area contributed by atoms with E-state index in [4.69, 9.17) is 16.3 Å². The van der Waals surface area contributed by atoms with Gasteiger partial charge in [-0.05, 0) is 66.7 Å². The van der Waals surface area contributed by atoms with E-state index in [0.717, 1.165) is 18.2 Å². The maximum absolute atomic E-state index is 12.9. The molecule has 1 amide bonds. The van der Waals surface area contributed by atoms with Crippen LogP contribution in [0, 0.1) is 0 Å². The van der Waals surface area contributed by atoms with Crippen molar-refractivity contribution in [2.75, 3.05) is 5.43 Å². The Morgan fingerprint density at radius 1 is 0.865 bits per heavy atom. The average Bonchev–Trinajstić information content (AvgIpc) is 3.32. The zero-order valence-electron chi connectivity index (χ0n) is 18.4. The second-order valence-electron chi connectivity index (χ2n) is 7.52. The van der Waals surface area contributed by atoms with Crippen LogP contribution in [0.25, 0.3) is 5.82 Å². The standard InChI is InChI=1S/C24H15ClF6N4O2/c25-19-12-15(24(29,30)31)13-32-21(19)35-11-1-2-20(35)22(36)34-33-16-5-9-18(10-6-16)37-17-7-3-14(4-8-17)23(26,27)28/h1-13,33H,(H,34,36). The third-order valence-electron chi connectivity index (χ3n) is 4.95. The first-order valence-electron chi connectivity index (χ1n) is 10.3. The molecular weight excluding hydrogens is 526 g/mol. The molecule has 4 rings (SSSR count). The molecule has 192 valence electrons. The zero-order valence-corrected chi connectivity index (χ0v) is 19.1. The van der Waals surface area contributed by atoms with Crippen molar-refractivity contribution in [3.05, 3.63) is 101 Å². The molecule has 37 heavy (non-hydrogen) atoms. The Morgan fingerprint density at radius 3 is 2.03 bits per heavy atom. The molecule has 2 aromatic heterocycles. The number of hydrogen-bond donors (Lipinski definition) is 2. The minimum atomic E-state index is -4.62. The fourth-order valence-corrected chi connectivity index (χ4v) is 3.42. The zero-order chi connectivity index (χ0) is 26.8. The largest absolute Gasteiger partial charge is 0.457 e. The van der Waals surface area contributed by atoms with Gasteiger partial charge in [0.15, 0.2) is 5.82 Å². The Hall–Kier alpha value is -4.19. The fraction of sp³-hybridized carbons (Fsp3) is 0.0833. The van der Waals surface area contributed by atoms with Crippen LogP contribution < -0.4 is 15.6 Å². The van der Waals surface area contributed by atoms with Crippen LogP contribution in [0.4, 0.5) is 32.0 Å². The summed E-state index contributed by atoms with van der Waals surface area (Å²) >= 11 is 5.98. The lowest BCUT2D eigenvalue weighted by Gasteiger charge is -2.13. The van der Waals surface area contributed by atoms with Crippen LogP contribution in [-0.2, 0) is 12.4 Å². The first-order valence-corrected chi connectivity index (χ1v) is 10.7. The Morgan fingerprint density at radius 2 is 1.46 bits per heavy atom. The second-order valence-corrected chi connectivity index (χ2v) is 7.93. The third kappa shape index (κ3) is 6.15. The first-order chi connectivity index (χ1) is 17.4. The average molecular weight is 541 g/mol. The fourth-order valence-electron chi connectivity index (χ4n) is 3.16. The number of hydrazine groups is 1. The molecule has 4 aromatic rings. The molecule has 0 saturated carbocycles. The summed E-state index contributed by atoms with van der Waals surface area (Å²) in [6.45, 7) is 0. The minimum Gasteiger partial charge on any atom is -0.457 e.